The highest BCUT2D eigenvalue weighted by Crippen LogP contribution is 2.24. The van der Waals surface area contributed by atoms with Crippen LogP contribution in [-0.4, -0.2) is 30.8 Å². The molecule has 22 heavy (non-hydrogen) atoms. The monoisotopic (exact) mass is 312 g/mol. The van der Waals surface area contributed by atoms with Crippen LogP contribution in [-0.2, 0) is 4.74 Å². The van der Waals surface area contributed by atoms with Gasteiger partial charge in [-0.05, 0) is 58.4 Å². The summed E-state index contributed by atoms with van der Waals surface area (Å²) in [6.45, 7) is 12.1. The fraction of sp³-hybridized carbons (Fsp3) is 0.944. The normalized spacial score (nSPS) is 22.0. The Balaban J connectivity index is 2.51. The summed E-state index contributed by atoms with van der Waals surface area (Å²) in [7, 11) is 0. The predicted molar refractivity (Wildman–Crippen MR) is 92.1 cm³/mol. The summed E-state index contributed by atoms with van der Waals surface area (Å²) in [6, 6.07) is 0.531. The van der Waals surface area contributed by atoms with E-state index < -0.39 is 5.60 Å². The molecule has 0 radical (unpaired) electrons. The van der Waals surface area contributed by atoms with Crippen LogP contribution in [0.5, 0.6) is 0 Å². The van der Waals surface area contributed by atoms with E-state index in [9.17, 15) is 4.79 Å². The molecule has 1 fully saturated rings. The maximum absolute atomic E-state index is 11.9. The second-order valence-electron chi connectivity index (χ2n) is 7.83. The first-order valence-corrected chi connectivity index (χ1v) is 9.02. The number of alkyl carbamates (subject to hydrolysis) is 1. The van der Waals surface area contributed by atoms with Crippen molar-refractivity contribution in [1.82, 2.24) is 10.6 Å². The van der Waals surface area contributed by atoms with E-state index in [0.717, 1.165) is 6.54 Å². The molecule has 1 heterocycles. The van der Waals surface area contributed by atoms with E-state index in [1.165, 1.54) is 38.5 Å². The largest absolute Gasteiger partial charge is 0.444 e. The third-order valence-corrected chi connectivity index (χ3v) is 4.31. The molecule has 1 rings (SSSR count). The van der Waals surface area contributed by atoms with Gasteiger partial charge in [0.1, 0.15) is 5.60 Å². The molecule has 0 aliphatic carbocycles. The van der Waals surface area contributed by atoms with Crippen LogP contribution in [0.3, 0.4) is 0 Å². The van der Waals surface area contributed by atoms with Gasteiger partial charge in [0.05, 0.1) is 0 Å². The number of hydrogen-bond donors (Lipinski definition) is 2. The first kappa shape index (κ1) is 19.3. The highest BCUT2D eigenvalue weighted by molar-refractivity contribution is 5.67. The fourth-order valence-electron chi connectivity index (χ4n) is 3.33. The maximum Gasteiger partial charge on any atom is 0.407 e. The van der Waals surface area contributed by atoms with Crippen molar-refractivity contribution >= 4 is 6.09 Å². The summed E-state index contributed by atoms with van der Waals surface area (Å²) >= 11 is 0. The Bertz CT molecular complexity index is 320. The van der Waals surface area contributed by atoms with Crippen molar-refractivity contribution in [2.45, 2.75) is 84.8 Å². The average molecular weight is 312 g/mol. The second-order valence-corrected chi connectivity index (χ2v) is 7.83. The van der Waals surface area contributed by atoms with Crippen molar-refractivity contribution in [1.29, 1.82) is 0 Å². The molecule has 3 atom stereocenters. The summed E-state index contributed by atoms with van der Waals surface area (Å²) < 4.78 is 5.36. The number of rotatable bonds is 7. The van der Waals surface area contributed by atoms with Gasteiger partial charge in [-0.25, -0.2) is 4.79 Å². The van der Waals surface area contributed by atoms with Crippen LogP contribution >= 0.6 is 0 Å². The van der Waals surface area contributed by atoms with Gasteiger partial charge in [-0.3, -0.25) is 0 Å². The lowest BCUT2D eigenvalue weighted by atomic mass is 9.84. The van der Waals surface area contributed by atoms with Crippen molar-refractivity contribution in [2.24, 2.45) is 11.8 Å². The number of ether oxygens (including phenoxy) is 1. The number of piperidine rings is 1. The lowest BCUT2D eigenvalue weighted by molar-refractivity contribution is 0.0510. The molecule has 0 aromatic rings. The average Bonchev–Trinajstić information content (AvgIpc) is 2.43. The number of hydrogen-bond acceptors (Lipinski definition) is 3. The summed E-state index contributed by atoms with van der Waals surface area (Å²) in [4.78, 5) is 11.9. The second kappa shape index (κ2) is 9.39. The van der Waals surface area contributed by atoms with Crippen molar-refractivity contribution in [3.05, 3.63) is 0 Å². The van der Waals surface area contributed by atoms with Gasteiger partial charge in [-0.15, -0.1) is 0 Å². The first-order valence-electron chi connectivity index (χ1n) is 9.02. The SMILES string of the molecule is CCC[C@H](C)C[C@H](CNC(=O)OC(C)(C)C)[C@@H]1CCCCN1. The molecular weight excluding hydrogens is 276 g/mol. The minimum atomic E-state index is -0.432. The smallest absolute Gasteiger partial charge is 0.407 e. The van der Waals surface area contributed by atoms with Gasteiger partial charge in [0.2, 0.25) is 0 Å². The minimum Gasteiger partial charge on any atom is -0.444 e. The Morgan fingerprint density at radius 1 is 1.36 bits per heavy atom. The highest BCUT2D eigenvalue weighted by atomic mass is 16.6. The molecule has 0 aromatic carbocycles. The van der Waals surface area contributed by atoms with Gasteiger partial charge in [0.15, 0.2) is 0 Å². The van der Waals surface area contributed by atoms with E-state index in [4.69, 9.17) is 4.74 Å². The Hall–Kier alpha value is -0.770. The molecule has 0 unspecified atom stereocenters. The molecule has 0 spiro atoms. The van der Waals surface area contributed by atoms with Gasteiger partial charge in [0, 0.05) is 12.6 Å². The van der Waals surface area contributed by atoms with E-state index in [1.54, 1.807) is 0 Å². The molecule has 1 aliphatic rings. The first-order chi connectivity index (χ1) is 10.3. The van der Waals surface area contributed by atoms with Crippen molar-refractivity contribution < 1.29 is 9.53 Å². The zero-order valence-electron chi connectivity index (χ0n) is 15.2. The molecule has 0 aromatic heterocycles. The van der Waals surface area contributed by atoms with Crippen LogP contribution in [0.15, 0.2) is 0 Å². The molecule has 130 valence electrons. The van der Waals surface area contributed by atoms with Crippen molar-refractivity contribution in [3.8, 4) is 0 Å². The summed E-state index contributed by atoms with van der Waals surface area (Å²) in [5.74, 6) is 1.20. The number of amides is 1. The third kappa shape index (κ3) is 8.02. The van der Waals surface area contributed by atoms with E-state index in [0.29, 0.717) is 24.4 Å². The predicted octanol–water partition coefficient (Wildman–Crippen LogP) is 4.10. The lowest BCUT2D eigenvalue weighted by Gasteiger charge is -2.33. The van der Waals surface area contributed by atoms with Crippen LogP contribution in [0.25, 0.3) is 0 Å². The quantitative estimate of drug-likeness (QED) is 0.744. The summed E-state index contributed by atoms with van der Waals surface area (Å²) in [6.07, 6.45) is 7.15. The molecule has 1 amide bonds. The molecule has 1 aliphatic heterocycles. The van der Waals surface area contributed by atoms with Gasteiger partial charge >= 0.3 is 6.09 Å². The Kier molecular flexibility index (Phi) is 8.23. The molecule has 1 saturated heterocycles. The molecule has 2 N–H and O–H groups in total. The van der Waals surface area contributed by atoms with Gasteiger partial charge in [-0.1, -0.05) is 33.1 Å². The standard InChI is InChI=1S/C18H36N2O2/c1-6-9-14(2)12-15(16-10-7-8-11-19-16)13-20-17(21)22-18(3,4)5/h14-16,19H,6-13H2,1-5H3,(H,20,21)/t14-,15+,16-/m0/s1. The van der Waals surface area contributed by atoms with Gasteiger partial charge in [0.25, 0.3) is 0 Å². The zero-order valence-corrected chi connectivity index (χ0v) is 15.2. The van der Waals surface area contributed by atoms with Crippen LogP contribution in [0, 0.1) is 11.8 Å². The fourth-order valence-corrected chi connectivity index (χ4v) is 3.33. The maximum atomic E-state index is 11.9. The molecule has 0 bridgehead atoms. The Labute approximate surface area is 136 Å². The van der Waals surface area contributed by atoms with E-state index in [2.05, 4.69) is 24.5 Å². The van der Waals surface area contributed by atoms with E-state index in [1.807, 2.05) is 20.8 Å². The van der Waals surface area contributed by atoms with Crippen LogP contribution in [0.1, 0.15) is 73.1 Å². The minimum absolute atomic E-state index is 0.295. The van der Waals surface area contributed by atoms with Crippen LogP contribution < -0.4 is 10.6 Å². The molecule has 4 nitrogen and oxygen atoms in total. The number of carbonyl (C=O) groups is 1. The van der Waals surface area contributed by atoms with Gasteiger partial charge < -0.3 is 15.4 Å². The van der Waals surface area contributed by atoms with Gasteiger partial charge in [-0.2, -0.15) is 0 Å². The topological polar surface area (TPSA) is 50.4 Å². The number of carbonyl (C=O) groups excluding carboxylic acids is 1. The van der Waals surface area contributed by atoms with Crippen molar-refractivity contribution in [2.75, 3.05) is 13.1 Å². The Morgan fingerprint density at radius 3 is 2.64 bits per heavy atom. The van der Waals surface area contributed by atoms with Crippen LogP contribution in [0.2, 0.25) is 0 Å². The van der Waals surface area contributed by atoms with Crippen molar-refractivity contribution in [3.63, 3.8) is 0 Å². The molecule has 4 heteroatoms. The molecular formula is C18H36N2O2. The summed E-state index contributed by atoms with van der Waals surface area (Å²) in [5.41, 5.74) is -0.432. The molecule has 0 saturated carbocycles. The van der Waals surface area contributed by atoms with E-state index >= 15 is 0 Å². The third-order valence-electron chi connectivity index (χ3n) is 4.31. The zero-order chi connectivity index (χ0) is 16.6. The highest BCUT2D eigenvalue weighted by Gasteiger charge is 2.26. The van der Waals surface area contributed by atoms with Crippen LogP contribution in [0.4, 0.5) is 4.79 Å². The Morgan fingerprint density at radius 2 is 2.09 bits per heavy atom. The summed E-state index contributed by atoms with van der Waals surface area (Å²) in [5, 5.41) is 6.63. The number of nitrogens with one attached hydrogen (secondary N) is 2. The van der Waals surface area contributed by atoms with E-state index in [-0.39, 0.29) is 6.09 Å². The lowest BCUT2D eigenvalue weighted by Crippen LogP contribution is -2.46.